The Morgan fingerprint density at radius 2 is 1.92 bits per heavy atom. The molecule has 1 saturated heterocycles. The van der Waals surface area contributed by atoms with Crippen LogP contribution in [0.1, 0.15) is 38.2 Å². The normalized spacial score (nSPS) is 14.9. The maximum Gasteiger partial charge on any atom is 0.222 e. The van der Waals surface area contributed by atoms with Crippen molar-refractivity contribution in [2.45, 2.75) is 45.1 Å². The third-order valence-electron chi connectivity index (χ3n) is 4.36. The first-order chi connectivity index (χ1) is 11.7. The fraction of sp³-hybridized carbons (Fsp3) is 0.632. The van der Waals surface area contributed by atoms with Crippen molar-refractivity contribution in [3.05, 3.63) is 29.8 Å². The first-order valence-corrected chi connectivity index (χ1v) is 9.04. The molecule has 2 rings (SSSR count). The third kappa shape index (κ3) is 7.63. The Hall–Kier alpha value is -1.30. The zero-order valence-electron chi connectivity index (χ0n) is 15.1. The molecule has 0 atom stereocenters. The van der Waals surface area contributed by atoms with Gasteiger partial charge >= 0.3 is 0 Å². The summed E-state index contributed by atoms with van der Waals surface area (Å²) in [6.07, 6.45) is 4.39. The summed E-state index contributed by atoms with van der Waals surface area (Å²) in [6.45, 7) is 5.64. The highest BCUT2D eigenvalue weighted by atomic mass is 35.5. The van der Waals surface area contributed by atoms with Crippen LogP contribution in [0.5, 0.6) is 5.75 Å². The zero-order chi connectivity index (χ0) is 17.2. The summed E-state index contributed by atoms with van der Waals surface area (Å²) in [7, 11) is 0. The first kappa shape index (κ1) is 21.7. The molecule has 6 heteroatoms. The Labute approximate surface area is 157 Å². The van der Waals surface area contributed by atoms with Gasteiger partial charge in [0.05, 0.1) is 12.7 Å². The molecule has 0 saturated carbocycles. The van der Waals surface area contributed by atoms with Gasteiger partial charge in [-0.25, -0.2) is 0 Å². The van der Waals surface area contributed by atoms with Crippen molar-refractivity contribution in [2.24, 2.45) is 5.73 Å². The maximum absolute atomic E-state index is 12.4. The molecule has 1 amide bonds. The lowest BCUT2D eigenvalue weighted by atomic mass is 10.1. The van der Waals surface area contributed by atoms with Crippen LogP contribution in [0.3, 0.4) is 0 Å². The number of nitrogens with two attached hydrogens (primary N) is 1. The van der Waals surface area contributed by atoms with Gasteiger partial charge in [0, 0.05) is 26.1 Å². The third-order valence-corrected chi connectivity index (χ3v) is 4.36. The zero-order valence-corrected chi connectivity index (χ0v) is 15.9. The molecule has 1 aliphatic rings. The smallest absolute Gasteiger partial charge is 0.222 e. The van der Waals surface area contributed by atoms with E-state index in [9.17, 15) is 4.79 Å². The molecule has 0 aliphatic carbocycles. The number of carbonyl (C=O) groups excluding carboxylic acids is 1. The van der Waals surface area contributed by atoms with Crippen LogP contribution in [0.4, 0.5) is 0 Å². The Balaban J connectivity index is 0.00000312. The van der Waals surface area contributed by atoms with E-state index in [0.717, 1.165) is 51.1 Å². The number of ether oxygens (including phenoxy) is 2. The van der Waals surface area contributed by atoms with E-state index in [1.54, 1.807) is 0 Å². The van der Waals surface area contributed by atoms with E-state index in [1.165, 1.54) is 5.56 Å². The summed E-state index contributed by atoms with van der Waals surface area (Å²) in [6, 6.07) is 8.01. The summed E-state index contributed by atoms with van der Waals surface area (Å²) in [5.41, 5.74) is 6.64. The molecule has 0 aromatic heterocycles. The number of hydrogen-bond donors (Lipinski definition) is 1. The summed E-state index contributed by atoms with van der Waals surface area (Å²) in [5, 5.41) is 0. The van der Waals surface area contributed by atoms with Crippen molar-refractivity contribution in [3.63, 3.8) is 0 Å². The topological polar surface area (TPSA) is 64.8 Å². The van der Waals surface area contributed by atoms with E-state index >= 15 is 0 Å². The molecule has 25 heavy (non-hydrogen) atoms. The van der Waals surface area contributed by atoms with Crippen LogP contribution < -0.4 is 10.5 Å². The van der Waals surface area contributed by atoms with Crippen molar-refractivity contribution in [1.82, 2.24) is 4.90 Å². The summed E-state index contributed by atoms with van der Waals surface area (Å²) < 4.78 is 11.2. The largest absolute Gasteiger partial charge is 0.494 e. The van der Waals surface area contributed by atoms with Crippen molar-refractivity contribution in [3.8, 4) is 5.75 Å². The predicted octanol–water partition coefficient (Wildman–Crippen LogP) is 2.80. The number of halogens is 1. The first-order valence-electron chi connectivity index (χ1n) is 9.04. The standard InChI is InChI=1S/C19H30N2O3.ClH/c1-2-23-17-7-4-16(5-8-17)6-9-19(22)21-13-10-18(11-14-21)24-15-3-12-20;/h4-5,7-8,18H,2-3,6,9-15,20H2,1H3;1H. The lowest BCUT2D eigenvalue weighted by Gasteiger charge is -2.32. The second-order valence-corrected chi connectivity index (χ2v) is 6.17. The number of nitrogens with zero attached hydrogens (tertiary/aromatic N) is 1. The van der Waals surface area contributed by atoms with E-state index in [2.05, 4.69) is 0 Å². The van der Waals surface area contributed by atoms with Gasteiger partial charge in [-0.1, -0.05) is 12.1 Å². The van der Waals surface area contributed by atoms with E-state index in [1.807, 2.05) is 36.1 Å². The molecule has 1 heterocycles. The molecule has 142 valence electrons. The summed E-state index contributed by atoms with van der Waals surface area (Å²) in [5.74, 6) is 1.12. The van der Waals surface area contributed by atoms with Crippen molar-refractivity contribution in [1.29, 1.82) is 0 Å². The summed E-state index contributed by atoms with van der Waals surface area (Å²) in [4.78, 5) is 14.3. The van der Waals surface area contributed by atoms with Gasteiger partial charge < -0.3 is 20.1 Å². The quantitative estimate of drug-likeness (QED) is 0.679. The van der Waals surface area contributed by atoms with Gasteiger partial charge in [-0.2, -0.15) is 0 Å². The number of amides is 1. The number of piperidine rings is 1. The predicted molar refractivity (Wildman–Crippen MR) is 102 cm³/mol. The minimum Gasteiger partial charge on any atom is -0.494 e. The Morgan fingerprint density at radius 1 is 1.24 bits per heavy atom. The van der Waals surface area contributed by atoms with E-state index < -0.39 is 0 Å². The van der Waals surface area contributed by atoms with Crippen LogP contribution in [0.25, 0.3) is 0 Å². The van der Waals surface area contributed by atoms with Gasteiger partial charge in [0.2, 0.25) is 5.91 Å². The highest BCUT2D eigenvalue weighted by Crippen LogP contribution is 2.17. The SMILES string of the molecule is CCOc1ccc(CCC(=O)N2CCC(OCCCN)CC2)cc1.Cl. The molecule has 1 aromatic carbocycles. The molecule has 0 spiro atoms. The van der Waals surface area contributed by atoms with Crippen LogP contribution in [-0.2, 0) is 16.0 Å². The van der Waals surface area contributed by atoms with Gasteiger partial charge in [0.1, 0.15) is 5.75 Å². The van der Waals surface area contributed by atoms with Crippen LogP contribution in [0.15, 0.2) is 24.3 Å². The second kappa shape index (κ2) is 12.1. The second-order valence-electron chi connectivity index (χ2n) is 6.17. The van der Waals surface area contributed by atoms with Crippen LogP contribution in [-0.4, -0.2) is 49.8 Å². The maximum atomic E-state index is 12.4. The van der Waals surface area contributed by atoms with Gasteiger partial charge in [-0.05, 0) is 56.8 Å². The lowest BCUT2D eigenvalue weighted by molar-refractivity contribution is -0.133. The molecule has 1 fully saturated rings. The average molecular weight is 371 g/mol. The number of carbonyl (C=O) groups is 1. The fourth-order valence-electron chi connectivity index (χ4n) is 2.93. The number of aryl methyl sites for hydroxylation is 1. The van der Waals surface area contributed by atoms with Crippen LogP contribution in [0.2, 0.25) is 0 Å². The van der Waals surface area contributed by atoms with Gasteiger partial charge in [0.25, 0.3) is 0 Å². The molecule has 0 unspecified atom stereocenters. The molecule has 0 radical (unpaired) electrons. The van der Waals surface area contributed by atoms with E-state index in [4.69, 9.17) is 15.2 Å². The lowest BCUT2D eigenvalue weighted by Crippen LogP contribution is -2.41. The van der Waals surface area contributed by atoms with Crippen LogP contribution in [0, 0.1) is 0 Å². The number of benzene rings is 1. The minimum atomic E-state index is 0. The monoisotopic (exact) mass is 370 g/mol. The Kier molecular flexibility index (Phi) is 10.5. The molecule has 0 bridgehead atoms. The molecular formula is C19H31ClN2O3. The van der Waals surface area contributed by atoms with Gasteiger partial charge in [-0.15, -0.1) is 12.4 Å². The van der Waals surface area contributed by atoms with E-state index in [0.29, 0.717) is 19.6 Å². The van der Waals surface area contributed by atoms with Crippen molar-refractivity contribution >= 4 is 18.3 Å². The molecule has 1 aromatic rings. The van der Waals surface area contributed by atoms with Gasteiger partial charge in [0.15, 0.2) is 0 Å². The number of rotatable bonds is 9. The minimum absolute atomic E-state index is 0. The van der Waals surface area contributed by atoms with E-state index in [-0.39, 0.29) is 24.4 Å². The highest BCUT2D eigenvalue weighted by Gasteiger charge is 2.22. The highest BCUT2D eigenvalue weighted by molar-refractivity contribution is 5.85. The molecule has 5 nitrogen and oxygen atoms in total. The molecule has 1 aliphatic heterocycles. The van der Waals surface area contributed by atoms with Crippen molar-refractivity contribution < 1.29 is 14.3 Å². The average Bonchev–Trinajstić information content (AvgIpc) is 2.62. The van der Waals surface area contributed by atoms with Crippen LogP contribution >= 0.6 is 12.4 Å². The number of hydrogen-bond acceptors (Lipinski definition) is 4. The van der Waals surface area contributed by atoms with Gasteiger partial charge in [-0.3, -0.25) is 4.79 Å². The fourth-order valence-corrected chi connectivity index (χ4v) is 2.93. The Bertz CT molecular complexity index is 488. The number of likely N-dealkylation sites (tertiary alicyclic amines) is 1. The molecular weight excluding hydrogens is 340 g/mol. The Morgan fingerprint density at radius 3 is 2.52 bits per heavy atom. The molecule has 2 N–H and O–H groups in total. The summed E-state index contributed by atoms with van der Waals surface area (Å²) >= 11 is 0. The van der Waals surface area contributed by atoms with Crippen molar-refractivity contribution in [2.75, 3.05) is 32.8 Å².